The summed E-state index contributed by atoms with van der Waals surface area (Å²) in [6.45, 7) is 6.09. The molecular weight excluding hydrogens is 278 g/mol. The van der Waals surface area contributed by atoms with Crippen LogP contribution in [0, 0.1) is 0 Å². The molecular formula is C15H18ClNO3. The lowest BCUT2D eigenvalue weighted by Crippen LogP contribution is -2.44. The summed E-state index contributed by atoms with van der Waals surface area (Å²) in [4.78, 5) is 24.2. The number of carbonyl (C=O) groups excluding carboxylic acids is 1. The van der Waals surface area contributed by atoms with E-state index in [1.807, 2.05) is 32.9 Å². The van der Waals surface area contributed by atoms with Gasteiger partial charge in [0, 0.05) is 29.3 Å². The maximum Gasteiger partial charge on any atom is 0.328 e. The fourth-order valence-corrected chi connectivity index (χ4v) is 1.78. The number of aliphatic carboxylic acids is 1. The molecule has 0 aliphatic heterocycles. The van der Waals surface area contributed by atoms with Gasteiger partial charge >= 0.3 is 5.97 Å². The first-order valence-corrected chi connectivity index (χ1v) is 6.55. The minimum atomic E-state index is -1.14. The van der Waals surface area contributed by atoms with Crippen LogP contribution in [0.25, 0.3) is 0 Å². The van der Waals surface area contributed by atoms with E-state index >= 15 is 0 Å². The highest BCUT2D eigenvalue weighted by molar-refractivity contribution is 6.30. The highest BCUT2D eigenvalue weighted by Crippen LogP contribution is 2.19. The van der Waals surface area contributed by atoms with Gasteiger partial charge in [-0.1, -0.05) is 23.7 Å². The van der Waals surface area contributed by atoms with Gasteiger partial charge in [-0.05, 0) is 38.5 Å². The van der Waals surface area contributed by atoms with E-state index < -0.39 is 11.5 Å². The Morgan fingerprint density at radius 1 is 1.20 bits per heavy atom. The van der Waals surface area contributed by atoms with Crippen molar-refractivity contribution in [2.45, 2.75) is 32.9 Å². The zero-order chi connectivity index (χ0) is 15.3. The Hall–Kier alpha value is -1.81. The number of halogens is 1. The number of carbonyl (C=O) groups is 2. The fourth-order valence-electron chi connectivity index (χ4n) is 1.65. The first-order valence-electron chi connectivity index (χ1n) is 6.17. The molecule has 0 unspecified atom stereocenters. The smallest absolute Gasteiger partial charge is 0.328 e. The van der Waals surface area contributed by atoms with Gasteiger partial charge in [0.1, 0.15) is 0 Å². The Bertz CT molecular complexity index is 515. The quantitative estimate of drug-likeness (QED) is 0.868. The standard InChI is InChI=1S/C15H18ClNO3/c1-15(2,3)17(13(18)8-9-14(19)20)10-11-4-6-12(16)7-5-11/h4-9H,10H2,1-3H3,(H,19,20)/b9-8+. The molecule has 4 nitrogen and oxygen atoms in total. The van der Waals surface area contributed by atoms with Crippen molar-refractivity contribution in [1.82, 2.24) is 4.90 Å². The van der Waals surface area contributed by atoms with Gasteiger partial charge in [0.2, 0.25) is 5.91 Å². The van der Waals surface area contributed by atoms with Crippen molar-refractivity contribution in [3.8, 4) is 0 Å². The van der Waals surface area contributed by atoms with Crippen molar-refractivity contribution in [1.29, 1.82) is 0 Å². The molecule has 1 N–H and O–H groups in total. The van der Waals surface area contributed by atoms with Crippen molar-refractivity contribution in [3.05, 3.63) is 47.0 Å². The first kappa shape index (κ1) is 16.2. The predicted molar refractivity (Wildman–Crippen MR) is 78.5 cm³/mol. The van der Waals surface area contributed by atoms with E-state index in [0.717, 1.165) is 17.7 Å². The third-order valence-electron chi connectivity index (χ3n) is 2.70. The van der Waals surface area contributed by atoms with Crippen molar-refractivity contribution < 1.29 is 14.7 Å². The summed E-state index contributed by atoms with van der Waals surface area (Å²) < 4.78 is 0. The number of amides is 1. The lowest BCUT2D eigenvalue weighted by molar-refractivity contribution is -0.134. The Kier molecular flexibility index (Phi) is 5.34. The van der Waals surface area contributed by atoms with E-state index in [1.165, 1.54) is 0 Å². The summed E-state index contributed by atoms with van der Waals surface area (Å²) >= 11 is 5.83. The van der Waals surface area contributed by atoms with Crippen molar-refractivity contribution in [2.24, 2.45) is 0 Å². The Morgan fingerprint density at radius 2 is 1.75 bits per heavy atom. The number of hydrogen-bond acceptors (Lipinski definition) is 2. The van der Waals surface area contributed by atoms with Gasteiger partial charge in [0.25, 0.3) is 0 Å². The fraction of sp³-hybridized carbons (Fsp3) is 0.333. The number of nitrogens with zero attached hydrogens (tertiary/aromatic N) is 1. The summed E-state index contributed by atoms with van der Waals surface area (Å²) in [7, 11) is 0. The van der Waals surface area contributed by atoms with Crippen LogP contribution in [0.5, 0.6) is 0 Å². The molecule has 0 aromatic heterocycles. The maximum absolute atomic E-state index is 12.1. The molecule has 0 heterocycles. The van der Waals surface area contributed by atoms with Gasteiger partial charge in [0.05, 0.1) is 0 Å². The van der Waals surface area contributed by atoms with E-state index in [4.69, 9.17) is 16.7 Å². The minimum Gasteiger partial charge on any atom is -0.478 e. The second-order valence-corrected chi connectivity index (χ2v) is 5.83. The molecule has 1 aromatic carbocycles. The van der Waals surface area contributed by atoms with Crippen LogP contribution in [0.2, 0.25) is 5.02 Å². The van der Waals surface area contributed by atoms with Gasteiger partial charge in [-0.25, -0.2) is 4.79 Å². The molecule has 0 aliphatic rings. The van der Waals surface area contributed by atoms with E-state index in [2.05, 4.69) is 0 Å². The third kappa shape index (κ3) is 5.05. The van der Waals surface area contributed by atoms with Gasteiger partial charge in [-0.2, -0.15) is 0 Å². The minimum absolute atomic E-state index is 0.338. The average molecular weight is 296 g/mol. The second-order valence-electron chi connectivity index (χ2n) is 5.39. The van der Waals surface area contributed by atoms with Crippen LogP contribution in [0.15, 0.2) is 36.4 Å². The van der Waals surface area contributed by atoms with Gasteiger partial charge < -0.3 is 10.0 Å². The molecule has 1 aromatic rings. The Balaban J connectivity index is 2.93. The largest absolute Gasteiger partial charge is 0.478 e. The Morgan fingerprint density at radius 3 is 2.20 bits per heavy atom. The van der Waals surface area contributed by atoms with Crippen LogP contribution < -0.4 is 0 Å². The van der Waals surface area contributed by atoms with Gasteiger partial charge in [-0.15, -0.1) is 0 Å². The summed E-state index contributed by atoms with van der Waals surface area (Å²) in [5, 5.41) is 9.23. The molecule has 0 saturated heterocycles. The van der Waals surface area contributed by atoms with Crippen LogP contribution in [0.4, 0.5) is 0 Å². The molecule has 5 heteroatoms. The van der Waals surface area contributed by atoms with Crippen molar-refractivity contribution in [3.63, 3.8) is 0 Å². The highest BCUT2D eigenvalue weighted by atomic mass is 35.5. The van der Waals surface area contributed by atoms with Crippen LogP contribution in [0.3, 0.4) is 0 Å². The molecule has 1 amide bonds. The average Bonchev–Trinajstić information content (AvgIpc) is 2.33. The topological polar surface area (TPSA) is 57.6 Å². The number of benzene rings is 1. The van der Waals surface area contributed by atoms with Crippen LogP contribution in [-0.2, 0) is 16.1 Å². The summed E-state index contributed by atoms with van der Waals surface area (Å²) in [6.07, 6.45) is 1.92. The molecule has 0 aliphatic carbocycles. The molecule has 0 bridgehead atoms. The summed E-state index contributed by atoms with van der Waals surface area (Å²) in [5.41, 5.74) is 0.515. The van der Waals surface area contributed by atoms with Crippen LogP contribution in [-0.4, -0.2) is 27.4 Å². The predicted octanol–water partition coefficient (Wildman–Crippen LogP) is 3.11. The molecule has 0 atom stereocenters. The lowest BCUT2D eigenvalue weighted by Gasteiger charge is -2.35. The molecule has 0 fully saturated rings. The highest BCUT2D eigenvalue weighted by Gasteiger charge is 2.25. The van der Waals surface area contributed by atoms with E-state index in [-0.39, 0.29) is 5.91 Å². The van der Waals surface area contributed by atoms with Gasteiger partial charge in [0.15, 0.2) is 0 Å². The molecule has 1 rings (SSSR count). The second kappa shape index (κ2) is 6.57. The molecule has 108 valence electrons. The number of hydrogen-bond donors (Lipinski definition) is 1. The van der Waals surface area contributed by atoms with Crippen molar-refractivity contribution in [2.75, 3.05) is 0 Å². The normalized spacial score (nSPS) is 11.6. The first-order chi connectivity index (χ1) is 9.20. The van der Waals surface area contributed by atoms with Crippen molar-refractivity contribution >= 4 is 23.5 Å². The third-order valence-corrected chi connectivity index (χ3v) is 2.95. The Labute approximate surface area is 123 Å². The van der Waals surface area contributed by atoms with E-state index in [9.17, 15) is 9.59 Å². The van der Waals surface area contributed by atoms with Gasteiger partial charge in [-0.3, -0.25) is 4.79 Å². The number of rotatable bonds is 4. The zero-order valence-electron chi connectivity index (χ0n) is 11.8. The SMILES string of the molecule is CC(C)(C)N(Cc1ccc(Cl)cc1)C(=O)/C=C/C(=O)O. The van der Waals surface area contributed by atoms with E-state index in [1.54, 1.807) is 17.0 Å². The number of carboxylic acid groups (broad SMARTS) is 1. The van der Waals surface area contributed by atoms with Crippen LogP contribution >= 0.6 is 11.6 Å². The number of carboxylic acids is 1. The maximum atomic E-state index is 12.1. The molecule has 0 saturated carbocycles. The van der Waals surface area contributed by atoms with Crippen LogP contribution in [0.1, 0.15) is 26.3 Å². The zero-order valence-corrected chi connectivity index (χ0v) is 12.5. The summed E-state index contributed by atoms with van der Waals surface area (Å²) in [5.74, 6) is -1.48. The lowest BCUT2D eigenvalue weighted by atomic mass is 10.0. The monoisotopic (exact) mass is 295 g/mol. The van der Waals surface area contributed by atoms with E-state index in [0.29, 0.717) is 11.6 Å². The molecule has 0 radical (unpaired) electrons. The molecule has 20 heavy (non-hydrogen) atoms. The molecule has 0 spiro atoms. The summed E-state index contributed by atoms with van der Waals surface area (Å²) in [6, 6.07) is 7.20.